The minimum absolute atomic E-state index is 0.00335. The van der Waals surface area contributed by atoms with E-state index < -0.39 is 0 Å². The average molecular weight is 245 g/mol. The molecule has 4 heteroatoms. The van der Waals surface area contributed by atoms with Gasteiger partial charge in [0.15, 0.2) is 0 Å². The molecule has 0 fully saturated rings. The largest absolute Gasteiger partial charge is 0.497 e. The van der Waals surface area contributed by atoms with Crippen molar-refractivity contribution in [1.29, 1.82) is 0 Å². The molecule has 1 aromatic heterocycles. The summed E-state index contributed by atoms with van der Waals surface area (Å²) in [6.45, 7) is -0.00335. The molecule has 4 nitrogen and oxygen atoms in total. The van der Waals surface area contributed by atoms with Gasteiger partial charge in [0.05, 0.1) is 26.5 Å². The maximum atomic E-state index is 9.13. The summed E-state index contributed by atoms with van der Waals surface area (Å²) in [4.78, 5) is 4.29. The lowest BCUT2D eigenvalue weighted by molar-refractivity contribution is 0.282. The molecular weight excluding hydrogens is 230 g/mol. The summed E-state index contributed by atoms with van der Waals surface area (Å²) in [5.41, 5.74) is 2.49. The predicted octanol–water partition coefficient (Wildman–Crippen LogP) is 2.26. The molecule has 0 aliphatic rings. The number of aliphatic hydroxyl groups excluding tert-OH is 1. The van der Waals surface area contributed by atoms with Crippen LogP contribution in [0.5, 0.6) is 11.5 Å². The van der Waals surface area contributed by atoms with E-state index in [1.165, 1.54) is 0 Å². The molecule has 94 valence electrons. The van der Waals surface area contributed by atoms with Gasteiger partial charge in [0.2, 0.25) is 0 Å². The Morgan fingerprint density at radius 2 is 1.72 bits per heavy atom. The highest BCUT2D eigenvalue weighted by Gasteiger charge is 2.06. The molecule has 0 bridgehead atoms. The van der Waals surface area contributed by atoms with Crippen molar-refractivity contribution < 1.29 is 14.6 Å². The number of ether oxygens (including phenoxy) is 2. The quantitative estimate of drug-likeness (QED) is 0.897. The number of pyridine rings is 1. The maximum absolute atomic E-state index is 9.13. The molecule has 0 unspecified atom stereocenters. The Bertz CT molecular complexity index is 518. The first-order valence-electron chi connectivity index (χ1n) is 5.56. The molecule has 2 rings (SSSR count). The molecule has 1 aromatic carbocycles. The van der Waals surface area contributed by atoms with E-state index in [9.17, 15) is 0 Å². The highest BCUT2D eigenvalue weighted by Crippen LogP contribution is 2.28. The van der Waals surface area contributed by atoms with Crippen LogP contribution in [0.15, 0.2) is 36.5 Å². The number of aliphatic hydroxyl groups is 1. The van der Waals surface area contributed by atoms with Gasteiger partial charge >= 0.3 is 0 Å². The van der Waals surface area contributed by atoms with E-state index in [4.69, 9.17) is 14.6 Å². The van der Waals surface area contributed by atoms with Crippen LogP contribution in [0.2, 0.25) is 0 Å². The lowest BCUT2D eigenvalue weighted by atomic mass is 10.1. The van der Waals surface area contributed by atoms with Gasteiger partial charge in [-0.1, -0.05) is 0 Å². The molecule has 0 saturated carbocycles. The maximum Gasteiger partial charge on any atom is 0.123 e. The first kappa shape index (κ1) is 12.4. The second kappa shape index (κ2) is 5.51. The van der Waals surface area contributed by atoms with Gasteiger partial charge in [-0.25, -0.2) is 0 Å². The second-order valence-corrected chi connectivity index (χ2v) is 3.81. The smallest absolute Gasteiger partial charge is 0.123 e. The van der Waals surface area contributed by atoms with E-state index in [0.717, 1.165) is 16.8 Å². The molecule has 0 atom stereocenters. The Kier molecular flexibility index (Phi) is 3.79. The Hall–Kier alpha value is -2.07. The fraction of sp³-hybridized carbons (Fsp3) is 0.214. The molecule has 0 aliphatic carbocycles. The highest BCUT2D eigenvalue weighted by atomic mass is 16.5. The monoisotopic (exact) mass is 245 g/mol. The van der Waals surface area contributed by atoms with Gasteiger partial charge in [0.1, 0.15) is 11.5 Å². The number of methoxy groups -OCH3 is 2. The van der Waals surface area contributed by atoms with Gasteiger partial charge in [-0.15, -0.1) is 0 Å². The van der Waals surface area contributed by atoms with Crippen LogP contribution in [-0.4, -0.2) is 24.3 Å². The number of hydrogen-bond acceptors (Lipinski definition) is 4. The summed E-state index contributed by atoms with van der Waals surface area (Å²) in [5.74, 6) is 1.42. The van der Waals surface area contributed by atoms with E-state index in [1.54, 1.807) is 32.5 Å². The molecule has 2 aromatic rings. The van der Waals surface area contributed by atoms with E-state index in [0.29, 0.717) is 11.5 Å². The Morgan fingerprint density at radius 3 is 2.28 bits per heavy atom. The summed E-state index contributed by atoms with van der Waals surface area (Å²) < 4.78 is 10.4. The van der Waals surface area contributed by atoms with Crippen molar-refractivity contribution in [2.45, 2.75) is 6.61 Å². The van der Waals surface area contributed by atoms with Crippen molar-refractivity contribution in [3.05, 3.63) is 42.1 Å². The third-order valence-corrected chi connectivity index (χ3v) is 2.65. The summed E-state index contributed by atoms with van der Waals surface area (Å²) >= 11 is 0. The van der Waals surface area contributed by atoms with E-state index in [-0.39, 0.29) is 6.61 Å². The van der Waals surface area contributed by atoms with Gasteiger partial charge in [-0.3, -0.25) is 4.98 Å². The highest BCUT2D eigenvalue weighted by molar-refractivity contribution is 5.64. The molecule has 1 heterocycles. The van der Waals surface area contributed by atoms with Gasteiger partial charge < -0.3 is 14.6 Å². The van der Waals surface area contributed by atoms with Crippen molar-refractivity contribution >= 4 is 0 Å². The fourth-order valence-corrected chi connectivity index (χ4v) is 1.69. The number of aromatic nitrogens is 1. The number of hydrogen-bond donors (Lipinski definition) is 1. The molecule has 0 aliphatic heterocycles. The Balaban J connectivity index is 2.48. The van der Waals surface area contributed by atoms with Gasteiger partial charge in [-0.2, -0.15) is 0 Å². The van der Waals surface area contributed by atoms with Gasteiger partial charge in [0.25, 0.3) is 0 Å². The standard InChI is InChI=1S/C14H15NO3/c1-17-12-6-11(7-13(8-12)18-2)14-5-10(9-16)3-4-15-14/h3-8,16H,9H2,1-2H3. The third kappa shape index (κ3) is 2.60. The molecular formula is C14H15NO3. The van der Waals surface area contributed by atoms with Crippen molar-refractivity contribution in [1.82, 2.24) is 4.98 Å². The van der Waals surface area contributed by atoms with E-state index in [2.05, 4.69) is 4.98 Å². The van der Waals surface area contributed by atoms with Crippen molar-refractivity contribution in [2.75, 3.05) is 14.2 Å². The topological polar surface area (TPSA) is 51.6 Å². The zero-order chi connectivity index (χ0) is 13.0. The molecule has 0 saturated heterocycles. The zero-order valence-electron chi connectivity index (χ0n) is 10.4. The van der Waals surface area contributed by atoms with Crippen LogP contribution in [-0.2, 0) is 6.61 Å². The zero-order valence-corrected chi connectivity index (χ0v) is 10.4. The first-order valence-corrected chi connectivity index (χ1v) is 5.56. The normalized spacial score (nSPS) is 10.2. The summed E-state index contributed by atoms with van der Waals surface area (Å²) in [5, 5.41) is 9.13. The molecule has 0 radical (unpaired) electrons. The van der Waals surface area contributed by atoms with E-state index in [1.807, 2.05) is 18.2 Å². The molecule has 0 spiro atoms. The van der Waals surface area contributed by atoms with Crippen LogP contribution < -0.4 is 9.47 Å². The number of nitrogens with zero attached hydrogens (tertiary/aromatic N) is 1. The number of benzene rings is 1. The number of rotatable bonds is 4. The average Bonchev–Trinajstić information content (AvgIpc) is 2.46. The summed E-state index contributed by atoms with van der Waals surface area (Å²) in [6.07, 6.45) is 1.67. The van der Waals surface area contributed by atoms with Crippen molar-refractivity contribution in [3.63, 3.8) is 0 Å². The third-order valence-electron chi connectivity index (χ3n) is 2.65. The molecule has 0 amide bonds. The Labute approximate surface area is 106 Å². The molecule has 18 heavy (non-hydrogen) atoms. The second-order valence-electron chi connectivity index (χ2n) is 3.81. The minimum Gasteiger partial charge on any atom is -0.497 e. The van der Waals surface area contributed by atoms with Crippen LogP contribution in [0, 0.1) is 0 Å². The fourth-order valence-electron chi connectivity index (χ4n) is 1.69. The van der Waals surface area contributed by atoms with Gasteiger partial charge in [0, 0.05) is 17.8 Å². The van der Waals surface area contributed by atoms with Crippen LogP contribution in [0.25, 0.3) is 11.3 Å². The van der Waals surface area contributed by atoms with Crippen LogP contribution in [0.1, 0.15) is 5.56 Å². The Morgan fingerprint density at radius 1 is 1.06 bits per heavy atom. The lowest BCUT2D eigenvalue weighted by Gasteiger charge is -2.08. The predicted molar refractivity (Wildman–Crippen MR) is 68.7 cm³/mol. The van der Waals surface area contributed by atoms with Crippen LogP contribution in [0.4, 0.5) is 0 Å². The van der Waals surface area contributed by atoms with Gasteiger partial charge in [-0.05, 0) is 29.8 Å². The summed E-state index contributed by atoms with van der Waals surface area (Å²) in [6, 6.07) is 9.19. The minimum atomic E-state index is -0.00335. The van der Waals surface area contributed by atoms with Crippen LogP contribution in [0.3, 0.4) is 0 Å². The lowest BCUT2D eigenvalue weighted by Crippen LogP contribution is -1.91. The summed E-state index contributed by atoms with van der Waals surface area (Å²) in [7, 11) is 3.21. The van der Waals surface area contributed by atoms with Crippen molar-refractivity contribution in [3.8, 4) is 22.8 Å². The van der Waals surface area contributed by atoms with E-state index >= 15 is 0 Å². The SMILES string of the molecule is COc1cc(OC)cc(-c2cc(CO)ccn2)c1. The van der Waals surface area contributed by atoms with Crippen LogP contribution >= 0.6 is 0 Å². The van der Waals surface area contributed by atoms with Crippen molar-refractivity contribution in [2.24, 2.45) is 0 Å². The molecule has 1 N–H and O–H groups in total. The first-order chi connectivity index (χ1) is 8.76.